The number of amides is 2. The van der Waals surface area contributed by atoms with Crippen LogP contribution in [-0.4, -0.2) is 66.7 Å². The lowest BCUT2D eigenvalue weighted by molar-refractivity contribution is 0.240. The summed E-state index contributed by atoms with van der Waals surface area (Å²) in [6.45, 7) is 4.86. The lowest BCUT2D eigenvalue weighted by Gasteiger charge is -2.34. The summed E-state index contributed by atoms with van der Waals surface area (Å²) in [4.78, 5) is 21.5. The summed E-state index contributed by atoms with van der Waals surface area (Å²) in [7, 11) is 1.67. The third kappa shape index (κ3) is 6.73. The molecule has 0 radical (unpaired) electrons. The highest BCUT2D eigenvalue weighted by atomic mass is 35.5. The van der Waals surface area contributed by atoms with E-state index in [-0.39, 0.29) is 6.03 Å². The van der Waals surface area contributed by atoms with Crippen molar-refractivity contribution < 1.29 is 9.53 Å². The minimum Gasteiger partial charge on any atom is -0.497 e. The summed E-state index contributed by atoms with van der Waals surface area (Å²) in [6, 6.07) is 12.6. The van der Waals surface area contributed by atoms with Crippen LogP contribution in [0.4, 0.5) is 15.6 Å². The van der Waals surface area contributed by atoms with Gasteiger partial charge < -0.3 is 20.3 Å². The average molecular weight is 521 g/mol. The maximum absolute atomic E-state index is 12.1. The van der Waals surface area contributed by atoms with E-state index in [0.717, 1.165) is 55.0 Å². The van der Waals surface area contributed by atoms with E-state index in [0.29, 0.717) is 28.7 Å². The zero-order chi connectivity index (χ0) is 23.9. The van der Waals surface area contributed by atoms with Gasteiger partial charge in [-0.05, 0) is 35.9 Å². The molecule has 1 aliphatic heterocycles. The molecule has 1 aliphatic rings. The molecule has 0 atom stereocenters. The molecule has 34 heavy (non-hydrogen) atoms. The summed E-state index contributed by atoms with van der Waals surface area (Å²) in [6.07, 6.45) is 0.683. The predicted molar refractivity (Wildman–Crippen MR) is 138 cm³/mol. The molecule has 8 nitrogen and oxygen atoms in total. The average Bonchev–Trinajstić information content (AvgIpc) is 3.30. The number of aromatic nitrogens is 2. The summed E-state index contributed by atoms with van der Waals surface area (Å²) >= 11 is 13.4. The van der Waals surface area contributed by atoms with Gasteiger partial charge in [0.1, 0.15) is 11.6 Å². The molecule has 1 fully saturated rings. The molecule has 1 aromatic heterocycles. The molecule has 0 spiro atoms. The standard InChI is InChI=1S/C23H26Cl2N6O2S/c1-33-18-4-2-3-16(13-18)14-21-28-23(34-29-21)31-11-9-30(10-12-31)8-7-26-22(32)27-20-6-5-17(24)15-19(20)25/h2-6,13,15H,7-12,14H2,1H3,(H2,26,27,32). The van der Waals surface area contributed by atoms with E-state index < -0.39 is 0 Å². The monoisotopic (exact) mass is 520 g/mol. The van der Waals surface area contributed by atoms with E-state index in [4.69, 9.17) is 32.9 Å². The molecule has 2 aromatic carbocycles. The van der Waals surface area contributed by atoms with Crippen LogP contribution >= 0.6 is 34.7 Å². The van der Waals surface area contributed by atoms with Crippen molar-refractivity contribution in [2.45, 2.75) is 6.42 Å². The van der Waals surface area contributed by atoms with Crippen LogP contribution in [0, 0.1) is 0 Å². The molecule has 2 N–H and O–H groups in total. The van der Waals surface area contributed by atoms with E-state index in [2.05, 4.69) is 30.9 Å². The van der Waals surface area contributed by atoms with Gasteiger partial charge in [-0.3, -0.25) is 4.90 Å². The molecule has 180 valence electrons. The number of nitrogens with zero attached hydrogens (tertiary/aromatic N) is 4. The zero-order valence-electron chi connectivity index (χ0n) is 18.8. The summed E-state index contributed by atoms with van der Waals surface area (Å²) in [5, 5.41) is 7.50. The van der Waals surface area contributed by atoms with Crippen LogP contribution in [0.25, 0.3) is 0 Å². The number of rotatable bonds is 8. The molecular weight excluding hydrogens is 495 g/mol. The van der Waals surface area contributed by atoms with Gasteiger partial charge in [0.2, 0.25) is 5.13 Å². The summed E-state index contributed by atoms with van der Waals surface area (Å²) < 4.78 is 9.83. The number of nitrogens with one attached hydrogen (secondary N) is 2. The molecule has 11 heteroatoms. The van der Waals surface area contributed by atoms with Gasteiger partial charge in [0.05, 0.1) is 17.8 Å². The number of ether oxygens (including phenoxy) is 1. The third-order valence-corrected chi connectivity index (χ3v) is 6.85. The second-order valence-electron chi connectivity index (χ2n) is 7.86. The zero-order valence-corrected chi connectivity index (χ0v) is 21.1. The summed E-state index contributed by atoms with van der Waals surface area (Å²) in [5.74, 6) is 1.66. The molecule has 4 rings (SSSR count). The van der Waals surface area contributed by atoms with Gasteiger partial charge in [0.15, 0.2) is 0 Å². The first kappa shape index (κ1) is 24.5. The number of urea groups is 1. The van der Waals surface area contributed by atoms with Crippen molar-refractivity contribution in [1.82, 2.24) is 19.6 Å². The maximum Gasteiger partial charge on any atom is 0.319 e. The number of piperazine rings is 1. The van der Waals surface area contributed by atoms with E-state index >= 15 is 0 Å². The van der Waals surface area contributed by atoms with Crippen molar-refractivity contribution in [3.8, 4) is 5.75 Å². The Morgan fingerprint density at radius 1 is 1.15 bits per heavy atom. The van der Waals surface area contributed by atoms with Gasteiger partial charge in [-0.15, -0.1) is 0 Å². The van der Waals surface area contributed by atoms with Crippen LogP contribution in [-0.2, 0) is 6.42 Å². The second-order valence-corrected chi connectivity index (χ2v) is 9.43. The minimum atomic E-state index is -0.291. The molecule has 2 amide bonds. The van der Waals surface area contributed by atoms with Crippen molar-refractivity contribution >= 4 is 51.6 Å². The highest BCUT2D eigenvalue weighted by molar-refractivity contribution is 7.09. The fraction of sp³-hybridized carbons (Fsp3) is 0.348. The Balaban J connectivity index is 1.18. The SMILES string of the molecule is COc1cccc(Cc2nsc(N3CCN(CCNC(=O)Nc4ccc(Cl)cc4Cl)CC3)n2)c1. The number of carbonyl (C=O) groups is 1. The smallest absolute Gasteiger partial charge is 0.319 e. The maximum atomic E-state index is 12.1. The minimum absolute atomic E-state index is 0.291. The topological polar surface area (TPSA) is 82.6 Å². The van der Waals surface area contributed by atoms with Crippen LogP contribution < -0.4 is 20.3 Å². The fourth-order valence-corrected chi connectivity index (χ4v) is 4.85. The van der Waals surface area contributed by atoms with Crippen LogP contribution in [0.5, 0.6) is 5.75 Å². The third-order valence-electron chi connectivity index (χ3n) is 5.49. The van der Waals surface area contributed by atoms with Crippen LogP contribution in [0.1, 0.15) is 11.4 Å². The lowest BCUT2D eigenvalue weighted by atomic mass is 10.1. The van der Waals surface area contributed by atoms with E-state index in [1.807, 2.05) is 18.2 Å². The number of hydrogen-bond donors (Lipinski definition) is 2. The molecule has 1 saturated heterocycles. The molecule has 2 heterocycles. The van der Waals surface area contributed by atoms with Crippen molar-refractivity contribution in [2.75, 3.05) is 56.6 Å². The Morgan fingerprint density at radius 2 is 1.97 bits per heavy atom. The van der Waals surface area contributed by atoms with E-state index in [1.54, 1.807) is 25.3 Å². The number of halogens is 2. The Morgan fingerprint density at radius 3 is 2.74 bits per heavy atom. The van der Waals surface area contributed by atoms with E-state index in [1.165, 1.54) is 11.5 Å². The van der Waals surface area contributed by atoms with Crippen LogP contribution in [0.2, 0.25) is 10.0 Å². The molecule has 3 aromatic rings. The Labute approximate surface area is 213 Å². The number of hydrogen-bond acceptors (Lipinski definition) is 7. The van der Waals surface area contributed by atoms with Crippen molar-refractivity contribution in [3.05, 3.63) is 63.9 Å². The Bertz CT molecular complexity index is 1120. The number of carbonyl (C=O) groups excluding carboxylic acids is 1. The van der Waals surface area contributed by atoms with Crippen molar-refractivity contribution in [3.63, 3.8) is 0 Å². The van der Waals surface area contributed by atoms with Gasteiger partial charge in [0.25, 0.3) is 0 Å². The second kappa shape index (κ2) is 11.7. The van der Waals surface area contributed by atoms with Crippen molar-refractivity contribution in [2.24, 2.45) is 0 Å². The van der Waals surface area contributed by atoms with Crippen molar-refractivity contribution in [1.29, 1.82) is 0 Å². The fourth-order valence-electron chi connectivity index (χ4n) is 3.66. The molecule has 0 aliphatic carbocycles. The Kier molecular flexibility index (Phi) is 8.44. The van der Waals surface area contributed by atoms with Crippen LogP contribution in [0.15, 0.2) is 42.5 Å². The Hall–Kier alpha value is -2.59. The number of anilines is 2. The molecule has 0 bridgehead atoms. The first-order valence-electron chi connectivity index (χ1n) is 10.9. The van der Waals surface area contributed by atoms with Gasteiger partial charge in [-0.2, -0.15) is 4.37 Å². The van der Waals surface area contributed by atoms with Gasteiger partial charge >= 0.3 is 6.03 Å². The highest BCUT2D eigenvalue weighted by Crippen LogP contribution is 2.25. The van der Waals surface area contributed by atoms with Gasteiger partial charge in [-0.25, -0.2) is 9.78 Å². The molecule has 0 unspecified atom stereocenters. The molecule has 0 saturated carbocycles. The predicted octanol–water partition coefficient (Wildman–Crippen LogP) is 4.39. The van der Waals surface area contributed by atoms with Crippen LogP contribution in [0.3, 0.4) is 0 Å². The first-order chi connectivity index (χ1) is 16.5. The largest absolute Gasteiger partial charge is 0.497 e. The quantitative estimate of drug-likeness (QED) is 0.458. The highest BCUT2D eigenvalue weighted by Gasteiger charge is 2.20. The number of methoxy groups -OCH3 is 1. The van der Waals surface area contributed by atoms with Gasteiger partial charge in [-0.1, -0.05) is 35.3 Å². The normalized spacial score (nSPS) is 14.1. The number of benzene rings is 2. The van der Waals surface area contributed by atoms with E-state index in [9.17, 15) is 4.79 Å². The first-order valence-corrected chi connectivity index (χ1v) is 12.5. The lowest BCUT2D eigenvalue weighted by Crippen LogP contribution is -2.48. The van der Waals surface area contributed by atoms with Gasteiger partial charge in [0, 0.05) is 62.2 Å². The summed E-state index contributed by atoms with van der Waals surface area (Å²) in [5.41, 5.74) is 1.66. The molecular formula is C23H26Cl2N6O2S.